The van der Waals surface area contributed by atoms with Crippen molar-refractivity contribution in [3.8, 4) is 0 Å². The number of aromatic amines is 1. The summed E-state index contributed by atoms with van der Waals surface area (Å²) < 4.78 is 3.43. The van der Waals surface area contributed by atoms with E-state index >= 15 is 0 Å². The van der Waals surface area contributed by atoms with Gasteiger partial charge < -0.3 is 4.90 Å². The van der Waals surface area contributed by atoms with Crippen LogP contribution in [0.25, 0.3) is 5.65 Å². The predicted octanol–water partition coefficient (Wildman–Crippen LogP) is 2.37. The Morgan fingerprint density at radius 1 is 1.30 bits per heavy atom. The number of nitrogens with zero attached hydrogens (tertiary/aromatic N) is 5. The van der Waals surface area contributed by atoms with Gasteiger partial charge in [-0.15, -0.1) is 0 Å². The molecule has 4 heterocycles. The van der Waals surface area contributed by atoms with Crippen LogP contribution in [0, 0.1) is 13.8 Å². The summed E-state index contributed by atoms with van der Waals surface area (Å²) in [5.74, 6) is 0.266. The van der Waals surface area contributed by atoms with E-state index in [2.05, 4.69) is 24.0 Å². The normalized spacial score (nSPS) is 16.7. The van der Waals surface area contributed by atoms with E-state index in [4.69, 9.17) is 4.98 Å². The van der Waals surface area contributed by atoms with Crippen molar-refractivity contribution in [1.82, 2.24) is 29.3 Å². The maximum absolute atomic E-state index is 12.8. The van der Waals surface area contributed by atoms with Crippen LogP contribution in [-0.2, 0) is 24.2 Å². The monoisotopic (exact) mass is 410 g/mol. The van der Waals surface area contributed by atoms with Gasteiger partial charge in [0.15, 0.2) is 5.65 Å². The number of fused-ring (bicyclic) bond motifs is 1. The number of likely N-dealkylation sites (tertiary alicyclic amines) is 1. The van der Waals surface area contributed by atoms with Crippen LogP contribution in [0.3, 0.4) is 0 Å². The molecule has 0 bridgehead atoms. The van der Waals surface area contributed by atoms with Gasteiger partial charge in [-0.1, -0.05) is 6.92 Å². The fourth-order valence-corrected chi connectivity index (χ4v) is 4.44. The smallest absolute Gasteiger partial charge is 0.272 e. The second-order valence-corrected chi connectivity index (χ2v) is 8.17. The van der Waals surface area contributed by atoms with Crippen molar-refractivity contribution in [2.75, 3.05) is 13.1 Å². The molecule has 0 saturated carbocycles. The summed E-state index contributed by atoms with van der Waals surface area (Å²) in [6.45, 7) is 10.3. The van der Waals surface area contributed by atoms with Crippen LogP contribution in [0.4, 0.5) is 0 Å². The van der Waals surface area contributed by atoms with Gasteiger partial charge in [0.1, 0.15) is 0 Å². The maximum atomic E-state index is 12.8. The van der Waals surface area contributed by atoms with Crippen molar-refractivity contribution in [2.24, 2.45) is 0 Å². The van der Waals surface area contributed by atoms with E-state index in [1.807, 2.05) is 29.6 Å². The van der Waals surface area contributed by atoms with Crippen molar-refractivity contribution in [1.29, 1.82) is 0 Å². The van der Waals surface area contributed by atoms with Crippen molar-refractivity contribution in [2.45, 2.75) is 65.8 Å². The molecule has 8 nitrogen and oxygen atoms in total. The molecule has 0 radical (unpaired) electrons. The number of hydrogen-bond acceptors (Lipinski definition) is 4. The highest BCUT2D eigenvalue weighted by atomic mass is 16.2. The first-order valence-electron chi connectivity index (χ1n) is 10.8. The third kappa shape index (κ3) is 3.66. The zero-order chi connectivity index (χ0) is 21.4. The van der Waals surface area contributed by atoms with Gasteiger partial charge in [-0.3, -0.25) is 19.4 Å². The summed E-state index contributed by atoms with van der Waals surface area (Å²) in [7, 11) is 0. The van der Waals surface area contributed by atoms with Crippen molar-refractivity contribution in [3.63, 3.8) is 0 Å². The first kappa shape index (κ1) is 20.4. The number of H-pyrrole nitrogens is 1. The SMILES string of the molecule is CCc1c(C)[nH]n2c(=O)cc([C@@H]3CCN(C(=O)CCc4cn(CC)nc4C)C3)nc12. The molecule has 1 aliphatic heterocycles. The summed E-state index contributed by atoms with van der Waals surface area (Å²) in [6, 6.07) is 1.61. The van der Waals surface area contributed by atoms with Crippen molar-refractivity contribution in [3.05, 3.63) is 50.8 Å². The summed E-state index contributed by atoms with van der Waals surface area (Å²) in [5, 5.41) is 7.56. The average Bonchev–Trinajstić information content (AvgIpc) is 3.43. The molecule has 1 fully saturated rings. The number of amides is 1. The van der Waals surface area contributed by atoms with E-state index in [1.54, 1.807) is 6.07 Å². The van der Waals surface area contributed by atoms with Crippen LogP contribution < -0.4 is 5.56 Å². The van der Waals surface area contributed by atoms with E-state index in [-0.39, 0.29) is 17.4 Å². The van der Waals surface area contributed by atoms with Crippen LogP contribution in [0.1, 0.15) is 60.8 Å². The Morgan fingerprint density at radius 2 is 2.10 bits per heavy atom. The van der Waals surface area contributed by atoms with Crippen LogP contribution in [0.15, 0.2) is 17.1 Å². The van der Waals surface area contributed by atoms with E-state index < -0.39 is 0 Å². The Labute approximate surface area is 175 Å². The minimum Gasteiger partial charge on any atom is -0.342 e. The van der Waals surface area contributed by atoms with Crippen LogP contribution in [-0.4, -0.2) is 48.3 Å². The third-order valence-electron chi connectivity index (χ3n) is 6.23. The van der Waals surface area contributed by atoms with Crippen molar-refractivity contribution >= 4 is 11.6 Å². The number of hydrogen-bond donors (Lipinski definition) is 1. The Kier molecular flexibility index (Phi) is 5.49. The molecule has 0 aliphatic carbocycles. The number of nitrogens with one attached hydrogen (secondary N) is 1. The molecule has 3 aromatic heterocycles. The molecule has 160 valence electrons. The van der Waals surface area contributed by atoms with Crippen LogP contribution in [0.2, 0.25) is 0 Å². The molecule has 0 spiro atoms. The zero-order valence-electron chi connectivity index (χ0n) is 18.2. The Balaban J connectivity index is 1.45. The minimum atomic E-state index is -0.0917. The largest absolute Gasteiger partial charge is 0.342 e. The summed E-state index contributed by atoms with van der Waals surface area (Å²) >= 11 is 0. The maximum Gasteiger partial charge on any atom is 0.272 e. The molecule has 4 rings (SSSR count). The van der Waals surface area contributed by atoms with E-state index in [1.165, 1.54) is 4.52 Å². The van der Waals surface area contributed by atoms with Gasteiger partial charge in [0.25, 0.3) is 5.56 Å². The predicted molar refractivity (Wildman–Crippen MR) is 115 cm³/mol. The summed E-state index contributed by atoms with van der Waals surface area (Å²) in [5.41, 5.74) is 5.60. The fourth-order valence-electron chi connectivity index (χ4n) is 4.44. The second kappa shape index (κ2) is 8.08. The number of carbonyl (C=O) groups excluding carboxylic acids is 1. The molecular weight excluding hydrogens is 380 g/mol. The molecule has 0 unspecified atom stereocenters. The molecule has 8 heteroatoms. The van der Waals surface area contributed by atoms with Crippen molar-refractivity contribution < 1.29 is 4.79 Å². The highest BCUT2D eigenvalue weighted by Crippen LogP contribution is 2.27. The highest BCUT2D eigenvalue weighted by molar-refractivity contribution is 5.77. The minimum absolute atomic E-state index is 0.0917. The number of carbonyl (C=O) groups is 1. The lowest BCUT2D eigenvalue weighted by molar-refractivity contribution is -0.130. The molecule has 3 aromatic rings. The van der Waals surface area contributed by atoms with Gasteiger partial charge in [0.2, 0.25) is 5.91 Å². The molecule has 1 amide bonds. The van der Waals surface area contributed by atoms with E-state index in [0.29, 0.717) is 31.6 Å². The molecule has 1 aliphatic rings. The van der Waals surface area contributed by atoms with E-state index in [9.17, 15) is 9.59 Å². The highest BCUT2D eigenvalue weighted by Gasteiger charge is 2.29. The first-order valence-corrected chi connectivity index (χ1v) is 10.8. The number of aryl methyl sites for hydroxylation is 5. The number of aromatic nitrogens is 5. The summed E-state index contributed by atoms with van der Waals surface area (Å²) in [6.07, 6.45) is 4.88. The lowest BCUT2D eigenvalue weighted by Crippen LogP contribution is -2.29. The van der Waals surface area contributed by atoms with Gasteiger partial charge in [0, 0.05) is 55.5 Å². The Hall–Kier alpha value is -2.90. The van der Waals surface area contributed by atoms with Gasteiger partial charge in [0.05, 0.1) is 11.4 Å². The molecule has 30 heavy (non-hydrogen) atoms. The lowest BCUT2D eigenvalue weighted by Gasteiger charge is -2.16. The first-order chi connectivity index (χ1) is 14.4. The van der Waals surface area contributed by atoms with Gasteiger partial charge in [-0.2, -0.15) is 5.10 Å². The quantitative estimate of drug-likeness (QED) is 0.676. The average molecular weight is 411 g/mol. The Morgan fingerprint density at radius 3 is 2.80 bits per heavy atom. The molecule has 1 atom stereocenters. The zero-order valence-corrected chi connectivity index (χ0v) is 18.2. The Bertz CT molecular complexity index is 1140. The molecule has 1 saturated heterocycles. The standard InChI is InChI=1S/C22H30N6O2/c1-5-18-15(4)25-28-21(30)11-19(23-22(18)28)17-9-10-26(12-17)20(29)8-7-16-13-27(6-2)24-14(16)3/h11,13,17,25H,5-10,12H2,1-4H3/t17-/m1/s1. The molecule has 1 N–H and O–H groups in total. The van der Waals surface area contributed by atoms with Gasteiger partial charge >= 0.3 is 0 Å². The van der Waals surface area contributed by atoms with E-state index in [0.717, 1.165) is 47.6 Å². The second-order valence-electron chi connectivity index (χ2n) is 8.17. The lowest BCUT2D eigenvalue weighted by atomic mass is 10.0. The molecule has 0 aromatic carbocycles. The number of rotatable bonds is 6. The topological polar surface area (TPSA) is 88.3 Å². The third-order valence-corrected chi connectivity index (χ3v) is 6.23. The van der Waals surface area contributed by atoms with Crippen LogP contribution >= 0.6 is 0 Å². The van der Waals surface area contributed by atoms with Gasteiger partial charge in [-0.05, 0) is 45.6 Å². The molecular formula is C22H30N6O2. The van der Waals surface area contributed by atoms with Gasteiger partial charge in [-0.25, -0.2) is 9.50 Å². The summed E-state index contributed by atoms with van der Waals surface area (Å²) in [4.78, 5) is 32.1. The van der Waals surface area contributed by atoms with Crippen LogP contribution in [0.5, 0.6) is 0 Å². The fraction of sp³-hybridized carbons (Fsp3) is 0.545.